The summed E-state index contributed by atoms with van der Waals surface area (Å²) in [6.07, 6.45) is 2.04. The van der Waals surface area contributed by atoms with Crippen LogP contribution in [0.15, 0.2) is 6.07 Å². The van der Waals surface area contributed by atoms with Gasteiger partial charge in [0.25, 0.3) is 5.91 Å². The Balaban J connectivity index is 2.01. The third-order valence-corrected chi connectivity index (χ3v) is 4.88. The Morgan fingerprint density at radius 2 is 2.24 bits per heavy atom. The Kier molecular flexibility index (Phi) is 5.80. The van der Waals surface area contributed by atoms with Crippen LogP contribution in [0.4, 0.5) is 0 Å². The number of rotatable bonds is 3. The molecule has 21 heavy (non-hydrogen) atoms. The number of thiophene rings is 1. The fraction of sp³-hybridized carbons (Fsp3) is 0.562. The zero-order valence-corrected chi connectivity index (χ0v) is 13.5. The maximum absolute atomic E-state index is 12.5. The number of likely N-dealkylation sites (tertiary alicyclic amines) is 1. The SMILES string of the molecule is COCC1CCN(C(=O)c2cc(C)c(C#CCN)s2)CC1. The molecule has 0 bridgehead atoms. The molecule has 1 aliphatic heterocycles. The van der Waals surface area contributed by atoms with Crippen LogP contribution in [0.25, 0.3) is 0 Å². The van der Waals surface area contributed by atoms with Gasteiger partial charge in [-0.05, 0) is 37.3 Å². The van der Waals surface area contributed by atoms with Crippen molar-refractivity contribution in [2.75, 3.05) is 33.4 Å². The number of hydrogen-bond donors (Lipinski definition) is 1. The molecule has 0 aliphatic carbocycles. The molecule has 0 unspecified atom stereocenters. The standard InChI is InChI=1S/C16H22N2O2S/c1-12-10-15(21-14(12)4-3-7-17)16(19)18-8-5-13(6-9-18)11-20-2/h10,13H,5-9,11,17H2,1-2H3. The van der Waals surface area contributed by atoms with Gasteiger partial charge in [-0.3, -0.25) is 4.79 Å². The third kappa shape index (κ3) is 4.07. The van der Waals surface area contributed by atoms with Crippen LogP contribution < -0.4 is 5.73 Å². The highest BCUT2D eigenvalue weighted by atomic mass is 32.1. The van der Waals surface area contributed by atoms with E-state index >= 15 is 0 Å². The van der Waals surface area contributed by atoms with Crippen LogP contribution >= 0.6 is 11.3 Å². The van der Waals surface area contributed by atoms with E-state index in [9.17, 15) is 4.79 Å². The molecule has 1 saturated heterocycles. The van der Waals surface area contributed by atoms with Gasteiger partial charge in [-0.25, -0.2) is 0 Å². The number of ether oxygens (including phenoxy) is 1. The van der Waals surface area contributed by atoms with Crippen molar-refractivity contribution in [2.24, 2.45) is 11.7 Å². The molecule has 1 aromatic heterocycles. The summed E-state index contributed by atoms with van der Waals surface area (Å²) in [5.74, 6) is 6.58. The maximum atomic E-state index is 12.5. The summed E-state index contributed by atoms with van der Waals surface area (Å²) in [5.41, 5.74) is 6.45. The second-order valence-corrected chi connectivity index (χ2v) is 6.37. The molecular formula is C16H22N2O2S. The Labute approximate surface area is 130 Å². The van der Waals surface area contributed by atoms with Gasteiger partial charge in [-0.1, -0.05) is 11.8 Å². The van der Waals surface area contributed by atoms with Crippen molar-refractivity contribution in [3.63, 3.8) is 0 Å². The third-order valence-electron chi connectivity index (χ3n) is 3.74. The van der Waals surface area contributed by atoms with E-state index in [0.29, 0.717) is 12.5 Å². The molecule has 2 rings (SSSR count). The summed E-state index contributed by atoms with van der Waals surface area (Å²) in [4.78, 5) is 16.2. The zero-order chi connectivity index (χ0) is 15.2. The van der Waals surface area contributed by atoms with E-state index in [2.05, 4.69) is 11.8 Å². The lowest BCUT2D eigenvalue weighted by molar-refractivity contribution is 0.0618. The van der Waals surface area contributed by atoms with Gasteiger partial charge in [0.1, 0.15) is 0 Å². The van der Waals surface area contributed by atoms with Crippen LogP contribution in [-0.4, -0.2) is 44.2 Å². The largest absolute Gasteiger partial charge is 0.384 e. The first kappa shape index (κ1) is 16.0. The molecule has 4 nitrogen and oxygen atoms in total. The summed E-state index contributed by atoms with van der Waals surface area (Å²) in [5, 5.41) is 0. The van der Waals surface area contributed by atoms with Crippen molar-refractivity contribution in [3.05, 3.63) is 21.4 Å². The minimum absolute atomic E-state index is 0.125. The number of aryl methyl sites for hydroxylation is 1. The Bertz CT molecular complexity index is 548. The van der Waals surface area contributed by atoms with E-state index in [4.69, 9.17) is 10.5 Å². The molecule has 0 aromatic carbocycles. The Hall–Kier alpha value is -1.35. The predicted octanol–water partition coefficient (Wildman–Crippen LogP) is 1.87. The highest BCUT2D eigenvalue weighted by Gasteiger charge is 2.24. The minimum Gasteiger partial charge on any atom is -0.384 e. The van der Waals surface area contributed by atoms with Crippen LogP contribution in [0.1, 0.15) is 33.0 Å². The van der Waals surface area contributed by atoms with Crippen LogP contribution in [0.3, 0.4) is 0 Å². The number of amides is 1. The van der Waals surface area contributed by atoms with Crippen LogP contribution in [0.5, 0.6) is 0 Å². The van der Waals surface area contributed by atoms with Crippen molar-refractivity contribution in [2.45, 2.75) is 19.8 Å². The van der Waals surface area contributed by atoms with Gasteiger partial charge in [-0.15, -0.1) is 11.3 Å². The van der Waals surface area contributed by atoms with Gasteiger partial charge in [0.2, 0.25) is 0 Å². The molecule has 0 atom stereocenters. The monoisotopic (exact) mass is 306 g/mol. The molecule has 0 saturated carbocycles. The molecule has 2 N–H and O–H groups in total. The van der Waals surface area contributed by atoms with Crippen LogP contribution in [0.2, 0.25) is 0 Å². The summed E-state index contributed by atoms with van der Waals surface area (Å²) in [7, 11) is 1.73. The first-order chi connectivity index (χ1) is 10.2. The van der Waals surface area contributed by atoms with Crippen molar-refractivity contribution in [1.29, 1.82) is 0 Å². The van der Waals surface area contributed by atoms with Crippen LogP contribution in [0, 0.1) is 24.7 Å². The summed E-state index contributed by atoms with van der Waals surface area (Å²) >= 11 is 1.47. The van der Waals surface area contributed by atoms with Crippen molar-refractivity contribution < 1.29 is 9.53 Å². The Morgan fingerprint density at radius 1 is 1.52 bits per heavy atom. The summed E-state index contributed by atoms with van der Waals surface area (Å²) < 4.78 is 5.19. The van der Waals surface area contributed by atoms with E-state index in [-0.39, 0.29) is 5.91 Å². The fourth-order valence-electron chi connectivity index (χ4n) is 2.54. The number of methoxy groups -OCH3 is 1. The van der Waals surface area contributed by atoms with Gasteiger partial charge in [-0.2, -0.15) is 0 Å². The molecule has 1 aliphatic rings. The van der Waals surface area contributed by atoms with Crippen molar-refractivity contribution in [3.8, 4) is 11.8 Å². The fourth-order valence-corrected chi connectivity index (χ4v) is 3.55. The molecule has 1 aromatic rings. The molecule has 5 heteroatoms. The van der Waals surface area contributed by atoms with E-state index in [1.807, 2.05) is 17.9 Å². The molecule has 0 radical (unpaired) electrons. The highest BCUT2D eigenvalue weighted by Crippen LogP contribution is 2.25. The minimum atomic E-state index is 0.125. The number of piperidine rings is 1. The zero-order valence-electron chi connectivity index (χ0n) is 12.6. The maximum Gasteiger partial charge on any atom is 0.263 e. The topological polar surface area (TPSA) is 55.6 Å². The highest BCUT2D eigenvalue weighted by molar-refractivity contribution is 7.14. The van der Waals surface area contributed by atoms with Crippen LogP contribution in [-0.2, 0) is 4.74 Å². The molecule has 1 amide bonds. The van der Waals surface area contributed by atoms with E-state index in [1.165, 1.54) is 11.3 Å². The quantitative estimate of drug-likeness (QED) is 0.867. The summed E-state index contributed by atoms with van der Waals surface area (Å²) in [6, 6.07) is 1.94. The molecule has 0 spiro atoms. The second kappa shape index (κ2) is 7.60. The van der Waals surface area contributed by atoms with Gasteiger partial charge < -0.3 is 15.4 Å². The van der Waals surface area contributed by atoms with Gasteiger partial charge in [0.05, 0.1) is 16.3 Å². The van der Waals surface area contributed by atoms with E-state index in [0.717, 1.165) is 47.9 Å². The number of nitrogens with two attached hydrogens (primary N) is 1. The Morgan fingerprint density at radius 3 is 2.86 bits per heavy atom. The smallest absolute Gasteiger partial charge is 0.263 e. The summed E-state index contributed by atoms with van der Waals surface area (Å²) in [6.45, 7) is 4.74. The van der Waals surface area contributed by atoms with Gasteiger partial charge in [0.15, 0.2) is 0 Å². The second-order valence-electron chi connectivity index (χ2n) is 5.32. The molecule has 1 fully saturated rings. The number of hydrogen-bond acceptors (Lipinski definition) is 4. The normalized spacial score (nSPS) is 15.7. The lowest BCUT2D eigenvalue weighted by atomic mass is 9.98. The lowest BCUT2D eigenvalue weighted by Crippen LogP contribution is -2.39. The van der Waals surface area contributed by atoms with Crippen molar-refractivity contribution >= 4 is 17.2 Å². The van der Waals surface area contributed by atoms with Gasteiger partial charge >= 0.3 is 0 Å². The van der Waals surface area contributed by atoms with Gasteiger partial charge in [0, 0.05) is 26.8 Å². The number of carbonyl (C=O) groups excluding carboxylic acids is 1. The molecule has 2 heterocycles. The van der Waals surface area contributed by atoms with Crippen molar-refractivity contribution in [1.82, 2.24) is 4.90 Å². The molecular weight excluding hydrogens is 284 g/mol. The lowest BCUT2D eigenvalue weighted by Gasteiger charge is -2.31. The first-order valence-corrected chi connectivity index (χ1v) is 8.05. The number of carbonyl (C=O) groups is 1. The average Bonchev–Trinajstić information content (AvgIpc) is 2.86. The number of nitrogens with zero attached hydrogens (tertiary/aromatic N) is 1. The first-order valence-electron chi connectivity index (χ1n) is 7.23. The predicted molar refractivity (Wildman–Crippen MR) is 85.5 cm³/mol. The van der Waals surface area contributed by atoms with E-state index in [1.54, 1.807) is 7.11 Å². The molecule has 114 valence electrons. The average molecular weight is 306 g/mol. The van der Waals surface area contributed by atoms with E-state index < -0.39 is 0 Å².